The van der Waals surface area contributed by atoms with E-state index in [1.54, 1.807) is 0 Å². The Bertz CT molecular complexity index is 297. The molecule has 118 valence electrons. The first kappa shape index (κ1) is 25.3. The molecule has 20 heavy (non-hydrogen) atoms. The minimum atomic E-state index is -4.67. The summed E-state index contributed by atoms with van der Waals surface area (Å²) in [4.78, 5) is 10.2. The van der Waals surface area contributed by atoms with Gasteiger partial charge in [-0.1, -0.05) is 58.3 Å². The molecule has 0 aromatic heterocycles. The fraction of sp³-hybridized carbons (Fsp3) is 0.917. The fourth-order valence-corrected chi connectivity index (χ4v) is 1.59. The van der Waals surface area contributed by atoms with E-state index in [9.17, 15) is 4.79 Å². The number of aliphatic carboxylic acids is 1. The van der Waals surface area contributed by atoms with E-state index < -0.39 is 16.4 Å². The molecule has 0 saturated heterocycles. The van der Waals surface area contributed by atoms with Crippen LogP contribution in [0.3, 0.4) is 0 Å². The Morgan fingerprint density at radius 2 is 1.15 bits per heavy atom. The molecule has 0 aliphatic carbocycles. The Balaban J connectivity index is -0.000000414. The van der Waals surface area contributed by atoms with Crippen molar-refractivity contribution in [3.05, 3.63) is 0 Å². The van der Waals surface area contributed by atoms with Crippen molar-refractivity contribution in [3.63, 3.8) is 0 Å². The molecule has 3 N–H and O–H groups in total. The summed E-state index contributed by atoms with van der Waals surface area (Å²) in [6.07, 6.45) is 11.5. The monoisotopic (exact) mass is 322 g/mol. The van der Waals surface area contributed by atoms with E-state index in [0.717, 1.165) is 12.8 Å². The number of carboxylic acid groups (broad SMARTS) is 1. The summed E-state index contributed by atoms with van der Waals surface area (Å²) in [5.74, 6) is -0.659. The van der Waals surface area contributed by atoms with Gasteiger partial charge in [-0.15, -0.1) is 0 Å². The molecule has 0 amide bonds. The van der Waals surface area contributed by atoms with Gasteiger partial charge in [0.1, 0.15) is 0 Å². The molecule has 0 fully saturated rings. The molecule has 0 aromatic rings. The van der Waals surface area contributed by atoms with Crippen molar-refractivity contribution in [2.45, 2.75) is 71.1 Å². The molecule has 0 bridgehead atoms. The molecule has 0 atom stereocenters. The van der Waals surface area contributed by atoms with Crippen molar-refractivity contribution in [1.82, 2.24) is 0 Å². The third-order valence-electron chi connectivity index (χ3n) is 2.49. The van der Waals surface area contributed by atoms with E-state index in [2.05, 4.69) is 6.92 Å². The van der Waals surface area contributed by atoms with E-state index in [-0.39, 0.29) is 29.6 Å². The summed E-state index contributed by atoms with van der Waals surface area (Å²) in [6.45, 7) is 2.23. The van der Waals surface area contributed by atoms with Crippen LogP contribution in [0.4, 0.5) is 0 Å². The summed E-state index contributed by atoms with van der Waals surface area (Å²) >= 11 is 0. The van der Waals surface area contributed by atoms with Crippen LogP contribution in [0, 0.1) is 0 Å². The van der Waals surface area contributed by atoms with Gasteiger partial charge < -0.3 is 5.11 Å². The van der Waals surface area contributed by atoms with E-state index in [0.29, 0.717) is 6.42 Å². The predicted octanol–water partition coefficient (Wildman–Crippen LogP) is 2.69. The normalized spacial score (nSPS) is 10.2. The summed E-state index contributed by atoms with van der Waals surface area (Å²) in [7, 11) is -4.67. The van der Waals surface area contributed by atoms with Crippen LogP contribution in [0.1, 0.15) is 71.1 Å². The summed E-state index contributed by atoms with van der Waals surface area (Å²) in [5, 5.41) is 8.41. The van der Waals surface area contributed by atoms with E-state index in [1.165, 1.54) is 44.9 Å². The molecule has 0 saturated carbocycles. The first-order chi connectivity index (χ1) is 8.77. The molecule has 0 radical (unpaired) electrons. The Labute approximate surface area is 144 Å². The topological polar surface area (TPSA) is 112 Å². The first-order valence-corrected chi connectivity index (χ1v) is 8.08. The van der Waals surface area contributed by atoms with Gasteiger partial charge in [0.05, 0.1) is 0 Å². The summed E-state index contributed by atoms with van der Waals surface area (Å²) in [6, 6.07) is 0. The molecule has 0 aromatic carbocycles. The average Bonchev–Trinajstić information content (AvgIpc) is 2.24. The van der Waals surface area contributed by atoms with Gasteiger partial charge in [-0.3, -0.25) is 13.9 Å². The van der Waals surface area contributed by atoms with Gasteiger partial charge >= 0.3 is 45.9 Å². The number of carboxylic acids is 1. The number of rotatable bonds is 10. The van der Waals surface area contributed by atoms with Crippen molar-refractivity contribution in [3.8, 4) is 0 Å². The molecule has 0 heterocycles. The Hall–Kier alpha value is 0.340. The number of unbranched alkanes of at least 4 members (excludes halogenated alkanes) is 8. The average molecular weight is 322 g/mol. The SMILES string of the molecule is CCCCCCCCCCCC(=O)O.O=S(=O)(O)O.[NaH]. The molecule has 0 aliphatic heterocycles. The van der Waals surface area contributed by atoms with Crippen LogP contribution >= 0.6 is 0 Å². The van der Waals surface area contributed by atoms with Gasteiger partial charge in [0.15, 0.2) is 0 Å². The van der Waals surface area contributed by atoms with Gasteiger partial charge in [0, 0.05) is 6.42 Å². The zero-order valence-electron chi connectivity index (χ0n) is 11.5. The van der Waals surface area contributed by atoms with Crippen LogP contribution in [-0.4, -0.2) is 58.2 Å². The van der Waals surface area contributed by atoms with Gasteiger partial charge in [-0.25, -0.2) is 0 Å². The van der Waals surface area contributed by atoms with Crippen LogP contribution in [0.5, 0.6) is 0 Å². The van der Waals surface area contributed by atoms with Gasteiger partial charge in [-0.2, -0.15) is 8.42 Å². The van der Waals surface area contributed by atoms with Crippen molar-refractivity contribution < 1.29 is 27.4 Å². The quantitative estimate of drug-likeness (QED) is 0.324. The molecule has 6 nitrogen and oxygen atoms in total. The fourth-order valence-electron chi connectivity index (χ4n) is 1.59. The Kier molecular flexibility index (Phi) is 22.0. The van der Waals surface area contributed by atoms with E-state index >= 15 is 0 Å². The van der Waals surface area contributed by atoms with Gasteiger partial charge in [0.25, 0.3) is 0 Å². The number of hydrogen-bond acceptors (Lipinski definition) is 3. The van der Waals surface area contributed by atoms with Gasteiger partial charge in [-0.05, 0) is 6.42 Å². The number of hydrogen-bond donors (Lipinski definition) is 3. The molecule has 0 aliphatic rings. The Morgan fingerprint density at radius 3 is 1.45 bits per heavy atom. The van der Waals surface area contributed by atoms with Crippen LogP contribution in [0.25, 0.3) is 0 Å². The van der Waals surface area contributed by atoms with Crippen molar-refractivity contribution in [2.24, 2.45) is 0 Å². The molecule has 0 spiro atoms. The minimum absolute atomic E-state index is 0. The second kappa shape index (κ2) is 17.4. The number of carbonyl (C=O) groups is 1. The molecular formula is C12H27NaO6S. The second-order valence-corrected chi connectivity index (χ2v) is 5.32. The van der Waals surface area contributed by atoms with Crippen LogP contribution in [0.15, 0.2) is 0 Å². The second-order valence-electron chi connectivity index (χ2n) is 4.42. The first-order valence-electron chi connectivity index (χ1n) is 6.69. The zero-order valence-corrected chi connectivity index (χ0v) is 12.4. The molecule has 8 heteroatoms. The van der Waals surface area contributed by atoms with E-state index in [1.807, 2.05) is 0 Å². The van der Waals surface area contributed by atoms with Crippen LogP contribution < -0.4 is 0 Å². The van der Waals surface area contributed by atoms with Crippen LogP contribution in [-0.2, 0) is 15.2 Å². The van der Waals surface area contributed by atoms with Crippen molar-refractivity contribution in [2.75, 3.05) is 0 Å². The standard InChI is InChI=1S/C12H24O2.Na.H2O4S.H/c1-2-3-4-5-6-7-8-9-10-11-12(13)14;;1-5(2,3)4;/h2-11H2,1H3,(H,13,14);;(H2,1,2,3,4);. The molecule has 0 unspecified atom stereocenters. The predicted molar refractivity (Wildman–Crippen MR) is 80.8 cm³/mol. The van der Waals surface area contributed by atoms with Gasteiger partial charge in [0.2, 0.25) is 0 Å². The summed E-state index contributed by atoms with van der Waals surface area (Å²) in [5.41, 5.74) is 0. The third-order valence-corrected chi connectivity index (χ3v) is 2.49. The summed E-state index contributed by atoms with van der Waals surface area (Å²) < 4.78 is 31.6. The maximum absolute atomic E-state index is 10.2. The maximum atomic E-state index is 10.2. The van der Waals surface area contributed by atoms with Crippen LogP contribution in [0.2, 0.25) is 0 Å². The molecular weight excluding hydrogens is 295 g/mol. The Morgan fingerprint density at radius 1 is 0.850 bits per heavy atom. The van der Waals surface area contributed by atoms with E-state index in [4.69, 9.17) is 22.6 Å². The molecule has 0 rings (SSSR count). The van der Waals surface area contributed by atoms with Crippen molar-refractivity contribution in [1.29, 1.82) is 0 Å². The third kappa shape index (κ3) is 42.9. The zero-order chi connectivity index (χ0) is 15.1. The van der Waals surface area contributed by atoms with Crippen molar-refractivity contribution >= 4 is 45.9 Å².